The van der Waals surface area contributed by atoms with Crippen molar-refractivity contribution in [3.8, 4) is 11.5 Å². The molecule has 0 aliphatic heterocycles. The first-order chi connectivity index (χ1) is 10.6. The summed E-state index contributed by atoms with van der Waals surface area (Å²) in [5.41, 5.74) is 2.36. The number of hydrogen-bond donors (Lipinski definition) is 1. The number of hydrogen-bond acceptors (Lipinski definition) is 5. The van der Waals surface area contributed by atoms with Crippen molar-refractivity contribution >= 4 is 23.9 Å². The maximum atomic E-state index is 11.5. The van der Waals surface area contributed by atoms with Crippen LogP contribution in [-0.4, -0.2) is 31.1 Å². The van der Waals surface area contributed by atoms with Gasteiger partial charge in [-0.2, -0.15) is 5.10 Å². The summed E-state index contributed by atoms with van der Waals surface area (Å²) in [7, 11) is 1.53. The molecule has 6 nitrogen and oxygen atoms in total. The lowest BCUT2D eigenvalue weighted by atomic mass is 10.2. The number of nitrogens with one attached hydrogen (secondary N) is 1. The Kier molecular flexibility index (Phi) is 6.69. The first-order valence-corrected chi connectivity index (χ1v) is 7.56. The van der Waals surface area contributed by atoms with Gasteiger partial charge in [0.2, 0.25) is 0 Å². The van der Waals surface area contributed by atoms with Crippen LogP contribution in [0, 0.1) is 0 Å². The van der Waals surface area contributed by atoms with Gasteiger partial charge >= 0.3 is 6.09 Å². The first-order valence-electron chi connectivity index (χ1n) is 7.18. The molecule has 1 amide bonds. The van der Waals surface area contributed by atoms with E-state index < -0.39 is 11.7 Å². The molecule has 0 aromatic heterocycles. The summed E-state index contributed by atoms with van der Waals surface area (Å²) < 4.78 is 16.0. The molecule has 7 heteroatoms. The molecule has 1 aromatic rings. The number of rotatable bonds is 5. The molecule has 128 valence electrons. The minimum absolute atomic E-state index is 0.0326. The number of carbonyl (C=O) groups is 1. The van der Waals surface area contributed by atoms with E-state index in [9.17, 15) is 4.79 Å². The predicted octanol–water partition coefficient (Wildman–Crippen LogP) is 3.99. The second-order valence-corrected chi connectivity index (χ2v) is 6.48. The Balaban J connectivity index is 2.83. The molecular formula is C16H23ClN2O4. The standard InChI is InChI=1S/C16H23ClN2O4/c1-10(2)22-14-12(17)7-11(8-13(14)21-6)9-18-19-15(20)23-16(3,4)5/h7-10H,1-6H3,(H,19,20)/b18-9-. The van der Waals surface area contributed by atoms with Crippen LogP contribution in [0.1, 0.15) is 40.2 Å². The van der Waals surface area contributed by atoms with Gasteiger partial charge in [0.1, 0.15) is 5.60 Å². The lowest BCUT2D eigenvalue weighted by molar-refractivity contribution is 0.0529. The minimum atomic E-state index is -0.633. The van der Waals surface area contributed by atoms with Gasteiger partial charge in [-0.3, -0.25) is 0 Å². The van der Waals surface area contributed by atoms with Gasteiger partial charge in [0, 0.05) is 0 Å². The van der Waals surface area contributed by atoms with Crippen molar-refractivity contribution < 1.29 is 19.0 Å². The van der Waals surface area contributed by atoms with E-state index in [0.717, 1.165) is 0 Å². The highest BCUT2D eigenvalue weighted by molar-refractivity contribution is 6.32. The quantitative estimate of drug-likeness (QED) is 0.648. The Morgan fingerprint density at radius 2 is 2.00 bits per heavy atom. The number of ether oxygens (including phenoxy) is 3. The van der Waals surface area contributed by atoms with Crippen molar-refractivity contribution in [1.82, 2.24) is 5.43 Å². The van der Waals surface area contributed by atoms with Crippen molar-refractivity contribution in [1.29, 1.82) is 0 Å². The number of hydrazone groups is 1. The van der Waals surface area contributed by atoms with E-state index in [1.807, 2.05) is 13.8 Å². The third-order valence-electron chi connectivity index (χ3n) is 2.37. The van der Waals surface area contributed by atoms with Crippen LogP contribution in [-0.2, 0) is 4.74 Å². The molecule has 0 aliphatic carbocycles. The molecule has 0 fully saturated rings. The molecule has 0 spiro atoms. The van der Waals surface area contributed by atoms with E-state index in [0.29, 0.717) is 22.1 Å². The predicted molar refractivity (Wildman–Crippen MR) is 90.7 cm³/mol. The topological polar surface area (TPSA) is 69.2 Å². The van der Waals surface area contributed by atoms with E-state index >= 15 is 0 Å². The lowest BCUT2D eigenvalue weighted by Crippen LogP contribution is -2.29. The van der Waals surface area contributed by atoms with E-state index in [1.54, 1.807) is 32.9 Å². The van der Waals surface area contributed by atoms with Gasteiger partial charge in [0.25, 0.3) is 0 Å². The molecule has 0 saturated heterocycles. The fraction of sp³-hybridized carbons (Fsp3) is 0.500. The molecule has 0 bridgehead atoms. The molecular weight excluding hydrogens is 320 g/mol. The third-order valence-corrected chi connectivity index (χ3v) is 2.65. The van der Waals surface area contributed by atoms with Crippen molar-refractivity contribution in [2.45, 2.75) is 46.3 Å². The van der Waals surface area contributed by atoms with Crippen LogP contribution in [0.4, 0.5) is 4.79 Å². The van der Waals surface area contributed by atoms with Crippen molar-refractivity contribution in [3.05, 3.63) is 22.7 Å². The van der Waals surface area contributed by atoms with E-state index in [1.165, 1.54) is 13.3 Å². The molecule has 1 aromatic carbocycles. The van der Waals surface area contributed by atoms with Gasteiger partial charge in [-0.15, -0.1) is 0 Å². The zero-order chi connectivity index (χ0) is 17.6. The maximum absolute atomic E-state index is 11.5. The largest absolute Gasteiger partial charge is 0.493 e. The van der Waals surface area contributed by atoms with Gasteiger partial charge in [0.05, 0.1) is 24.5 Å². The Morgan fingerprint density at radius 3 is 2.52 bits per heavy atom. The van der Waals surface area contributed by atoms with Crippen LogP contribution in [0.15, 0.2) is 17.2 Å². The van der Waals surface area contributed by atoms with Crippen LogP contribution in [0.25, 0.3) is 0 Å². The summed E-state index contributed by atoms with van der Waals surface area (Å²) in [5.74, 6) is 0.964. The van der Waals surface area contributed by atoms with Crippen molar-refractivity contribution in [3.63, 3.8) is 0 Å². The third kappa shape index (κ3) is 6.78. The minimum Gasteiger partial charge on any atom is -0.493 e. The number of methoxy groups -OCH3 is 1. The van der Waals surface area contributed by atoms with Crippen LogP contribution in [0.2, 0.25) is 5.02 Å². The number of halogens is 1. The molecule has 0 atom stereocenters. The fourth-order valence-electron chi connectivity index (χ4n) is 1.62. The highest BCUT2D eigenvalue weighted by Crippen LogP contribution is 2.36. The average molecular weight is 343 g/mol. The molecule has 1 N–H and O–H groups in total. The van der Waals surface area contributed by atoms with Crippen LogP contribution in [0.5, 0.6) is 11.5 Å². The lowest BCUT2D eigenvalue weighted by Gasteiger charge is -2.18. The number of carbonyl (C=O) groups excluding carboxylic acids is 1. The number of amides is 1. The molecule has 0 unspecified atom stereocenters. The van der Waals surface area contributed by atoms with Crippen LogP contribution >= 0.6 is 11.6 Å². The SMILES string of the molecule is COc1cc(/C=N\NC(=O)OC(C)(C)C)cc(Cl)c1OC(C)C. The maximum Gasteiger partial charge on any atom is 0.428 e. The Hall–Kier alpha value is -1.95. The summed E-state index contributed by atoms with van der Waals surface area (Å²) in [4.78, 5) is 11.5. The summed E-state index contributed by atoms with van der Waals surface area (Å²) in [6.45, 7) is 9.11. The van der Waals surface area contributed by atoms with Gasteiger partial charge < -0.3 is 14.2 Å². The fourth-order valence-corrected chi connectivity index (χ4v) is 1.89. The van der Waals surface area contributed by atoms with Gasteiger partial charge in [-0.1, -0.05) is 11.6 Å². The van der Waals surface area contributed by atoms with E-state index in [2.05, 4.69) is 10.5 Å². The Bertz CT molecular complexity index is 580. The van der Waals surface area contributed by atoms with Gasteiger partial charge in [-0.25, -0.2) is 10.2 Å². The summed E-state index contributed by atoms with van der Waals surface area (Å²) in [6.07, 6.45) is 0.776. The van der Waals surface area contributed by atoms with E-state index in [-0.39, 0.29) is 6.10 Å². The van der Waals surface area contributed by atoms with Crippen LogP contribution in [0.3, 0.4) is 0 Å². The second kappa shape index (κ2) is 8.06. The molecule has 0 saturated carbocycles. The molecule has 0 radical (unpaired) electrons. The molecule has 23 heavy (non-hydrogen) atoms. The normalized spacial score (nSPS) is 11.7. The van der Waals surface area contributed by atoms with Crippen molar-refractivity contribution in [2.24, 2.45) is 5.10 Å². The first kappa shape index (κ1) is 19.1. The zero-order valence-corrected chi connectivity index (χ0v) is 15.0. The van der Waals surface area contributed by atoms with Crippen molar-refractivity contribution in [2.75, 3.05) is 7.11 Å². The number of benzene rings is 1. The monoisotopic (exact) mass is 342 g/mol. The second-order valence-electron chi connectivity index (χ2n) is 6.07. The Labute approximate surface area is 141 Å². The molecule has 1 rings (SSSR count). The van der Waals surface area contributed by atoms with Crippen LogP contribution < -0.4 is 14.9 Å². The summed E-state index contributed by atoms with van der Waals surface area (Å²) in [6, 6.07) is 3.38. The Morgan fingerprint density at radius 1 is 1.35 bits per heavy atom. The summed E-state index contributed by atoms with van der Waals surface area (Å²) in [5, 5.41) is 4.23. The number of nitrogens with zero attached hydrogens (tertiary/aromatic N) is 1. The average Bonchev–Trinajstić information content (AvgIpc) is 2.38. The van der Waals surface area contributed by atoms with E-state index in [4.69, 9.17) is 25.8 Å². The highest BCUT2D eigenvalue weighted by atomic mass is 35.5. The molecule has 0 aliphatic rings. The smallest absolute Gasteiger partial charge is 0.428 e. The summed E-state index contributed by atoms with van der Waals surface area (Å²) >= 11 is 6.21. The highest BCUT2D eigenvalue weighted by Gasteiger charge is 2.16. The van der Waals surface area contributed by atoms with Gasteiger partial charge in [-0.05, 0) is 52.3 Å². The zero-order valence-electron chi connectivity index (χ0n) is 14.3. The van der Waals surface area contributed by atoms with Gasteiger partial charge in [0.15, 0.2) is 11.5 Å². The molecule has 0 heterocycles.